The summed E-state index contributed by atoms with van der Waals surface area (Å²) in [6.45, 7) is 9.45. The van der Waals surface area contributed by atoms with Crippen molar-refractivity contribution in [2.45, 2.75) is 26.7 Å². The van der Waals surface area contributed by atoms with E-state index < -0.39 is 0 Å². The molecule has 1 aliphatic rings. The van der Waals surface area contributed by atoms with Crippen LogP contribution in [-0.2, 0) is 0 Å². The highest BCUT2D eigenvalue weighted by atomic mass is 15.1. The Bertz CT molecular complexity index is 930. The number of nitrogens with zero attached hydrogens (tertiary/aromatic N) is 4. The van der Waals surface area contributed by atoms with E-state index in [-0.39, 0.29) is 0 Å². The van der Waals surface area contributed by atoms with Gasteiger partial charge in [-0.2, -0.15) is 0 Å². The van der Waals surface area contributed by atoms with Crippen molar-refractivity contribution in [3.63, 3.8) is 0 Å². The van der Waals surface area contributed by atoms with E-state index in [2.05, 4.69) is 63.6 Å². The SMILES string of the molecule is CCN(CC)c1ccc(-c2cc3nccnc3c(NCC3CCCNC3)n2)cc1. The fraction of sp³-hybridized carbons (Fsp3) is 0.435. The molecule has 0 amide bonds. The Morgan fingerprint density at radius 2 is 1.90 bits per heavy atom. The lowest BCUT2D eigenvalue weighted by Gasteiger charge is -2.23. The molecule has 0 aliphatic carbocycles. The number of hydrogen-bond donors (Lipinski definition) is 2. The minimum Gasteiger partial charge on any atom is -0.372 e. The first-order valence-corrected chi connectivity index (χ1v) is 10.7. The van der Waals surface area contributed by atoms with Gasteiger partial charge in [0.15, 0.2) is 5.82 Å². The molecule has 6 heteroatoms. The van der Waals surface area contributed by atoms with Gasteiger partial charge in [-0.15, -0.1) is 0 Å². The van der Waals surface area contributed by atoms with Crippen LogP contribution in [0, 0.1) is 5.92 Å². The van der Waals surface area contributed by atoms with Gasteiger partial charge in [0, 0.05) is 43.3 Å². The van der Waals surface area contributed by atoms with Crippen LogP contribution in [0.3, 0.4) is 0 Å². The Hall–Kier alpha value is -2.73. The van der Waals surface area contributed by atoms with Gasteiger partial charge in [0.25, 0.3) is 0 Å². The predicted molar refractivity (Wildman–Crippen MR) is 120 cm³/mol. The molecule has 1 saturated heterocycles. The van der Waals surface area contributed by atoms with Crippen LogP contribution in [0.4, 0.5) is 11.5 Å². The van der Waals surface area contributed by atoms with Crippen molar-refractivity contribution in [2.75, 3.05) is 42.9 Å². The molecule has 1 aliphatic heterocycles. The summed E-state index contributed by atoms with van der Waals surface area (Å²) < 4.78 is 0. The molecule has 1 unspecified atom stereocenters. The monoisotopic (exact) mass is 390 g/mol. The molecule has 4 rings (SSSR count). The van der Waals surface area contributed by atoms with Crippen molar-refractivity contribution >= 4 is 22.5 Å². The highest BCUT2D eigenvalue weighted by molar-refractivity contribution is 5.88. The summed E-state index contributed by atoms with van der Waals surface area (Å²) in [5.74, 6) is 1.44. The van der Waals surface area contributed by atoms with Gasteiger partial charge in [-0.3, -0.25) is 4.98 Å². The van der Waals surface area contributed by atoms with Gasteiger partial charge in [0.1, 0.15) is 5.52 Å². The number of hydrogen-bond acceptors (Lipinski definition) is 6. The third-order valence-electron chi connectivity index (χ3n) is 5.71. The number of aromatic nitrogens is 3. The van der Waals surface area contributed by atoms with Crippen molar-refractivity contribution in [3.05, 3.63) is 42.7 Å². The van der Waals surface area contributed by atoms with Gasteiger partial charge >= 0.3 is 0 Å². The Labute approximate surface area is 172 Å². The van der Waals surface area contributed by atoms with Crippen LogP contribution in [0.15, 0.2) is 42.7 Å². The van der Waals surface area contributed by atoms with E-state index in [1.54, 1.807) is 12.4 Å². The van der Waals surface area contributed by atoms with Crippen LogP contribution < -0.4 is 15.5 Å². The van der Waals surface area contributed by atoms with Gasteiger partial charge < -0.3 is 15.5 Å². The zero-order chi connectivity index (χ0) is 20.1. The van der Waals surface area contributed by atoms with Crippen molar-refractivity contribution in [1.82, 2.24) is 20.3 Å². The average molecular weight is 391 g/mol. The van der Waals surface area contributed by atoms with Crippen molar-refractivity contribution < 1.29 is 0 Å². The van der Waals surface area contributed by atoms with Crippen LogP contribution in [0.25, 0.3) is 22.3 Å². The standard InChI is InChI=1S/C23H30N6/c1-3-29(4-2)19-9-7-18(8-10-19)20-14-21-22(26-13-12-25-21)23(28-20)27-16-17-6-5-11-24-15-17/h7-10,12-14,17,24H,3-6,11,15-16H2,1-2H3,(H,27,28). The van der Waals surface area contributed by atoms with Crippen LogP contribution in [0.1, 0.15) is 26.7 Å². The first kappa shape index (κ1) is 19.6. The third kappa shape index (κ3) is 4.48. The van der Waals surface area contributed by atoms with E-state index in [1.165, 1.54) is 18.5 Å². The molecule has 1 atom stereocenters. The Balaban J connectivity index is 1.62. The smallest absolute Gasteiger partial charge is 0.154 e. The zero-order valence-corrected chi connectivity index (χ0v) is 17.4. The van der Waals surface area contributed by atoms with Gasteiger partial charge in [0.2, 0.25) is 0 Å². The number of pyridine rings is 1. The zero-order valence-electron chi connectivity index (χ0n) is 17.4. The molecule has 1 fully saturated rings. The minimum atomic E-state index is 0.620. The van der Waals surface area contributed by atoms with E-state index in [0.717, 1.165) is 60.8 Å². The number of benzene rings is 1. The van der Waals surface area contributed by atoms with E-state index in [4.69, 9.17) is 4.98 Å². The maximum Gasteiger partial charge on any atom is 0.154 e. The fourth-order valence-electron chi connectivity index (χ4n) is 4.01. The summed E-state index contributed by atoms with van der Waals surface area (Å²) in [4.78, 5) is 16.3. The third-order valence-corrected chi connectivity index (χ3v) is 5.71. The van der Waals surface area contributed by atoms with Crippen molar-refractivity contribution in [2.24, 2.45) is 5.92 Å². The molecule has 0 bridgehead atoms. The molecular weight excluding hydrogens is 360 g/mol. The highest BCUT2D eigenvalue weighted by Crippen LogP contribution is 2.27. The van der Waals surface area contributed by atoms with Crippen LogP contribution in [-0.4, -0.2) is 47.7 Å². The second-order valence-electron chi connectivity index (χ2n) is 7.59. The number of piperidine rings is 1. The van der Waals surface area contributed by atoms with E-state index in [9.17, 15) is 0 Å². The number of rotatable bonds is 7. The second kappa shape index (κ2) is 9.18. The highest BCUT2D eigenvalue weighted by Gasteiger charge is 2.15. The molecule has 6 nitrogen and oxygen atoms in total. The van der Waals surface area contributed by atoms with Gasteiger partial charge in [-0.25, -0.2) is 9.97 Å². The summed E-state index contributed by atoms with van der Waals surface area (Å²) >= 11 is 0. The second-order valence-corrected chi connectivity index (χ2v) is 7.59. The molecule has 29 heavy (non-hydrogen) atoms. The first-order valence-electron chi connectivity index (χ1n) is 10.7. The minimum absolute atomic E-state index is 0.620. The molecule has 3 heterocycles. The summed E-state index contributed by atoms with van der Waals surface area (Å²) in [5, 5.41) is 7.03. The fourth-order valence-corrected chi connectivity index (χ4v) is 4.01. The number of anilines is 2. The van der Waals surface area contributed by atoms with Crippen LogP contribution in [0.2, 0.25) is 0 Å². The summed E-state index contributed by atoms with van der Waals surface area (Å²) in [6, 6.07) is 10.7. The Kier molecular flexibility index (Phi) is 6.20. The van der Waals surface area contributed by atoms with Gasteiger partial charge in [-0.05, 0) is 63.9 Å². The molecule has 2 N–H and O–H groups in total. The molecule has 0 saturated carbocycles. The maximum atomic E-state index is 4.92. The van der Waals surface area contributed by atoms with Gasteiger partial charge in [-0.1, -0.05) is 12.1 Å². The van der Waals surface area contributed by atoms with E-state index >= 15 is 0 Å². The van der Waals surface area contributed by atoms with E-state index in [0.29, 0.717) is 5.92 Å². The summed E-state index contributed by atoms with van der Waals surface area (Å²) in [6.07, 6.45) is 5.95. The number of nitrogens with one attached hydrogen (secondary N) is 2. The van der Waals surface area contributed by atoms with E-state index in [1.807, 2.05) is 6.07 Å². The molecule has 2 aromatic heterocycles. The maximum absolute atomic E-state index is 4.92. The van der Waals surface area contributed by atoms with Crippen molar-refractivity contribution in [3.8, 4) is 11.3 Å². The lowest BCUT2D eigenvalue weighted by Crippen LogP contribution is -2.33. The topological polar surface area (TPSA) is 66.0 Å². The first-order chi connectivity index (χ1) is 14.3. The molecule has 3 aromatic rings. The van der Waals surface area contributed by atoms with Crippen LogP contribution >= 0.6 is 0 Å². The Morgan fingerprint density at radius 1 is 1.10 bits per heavy atom. The normalized spacial score (nSPS) is 16.7. The van der Waals surface area contributed by atoms with Gasteiger partial charge in [0.05, 0.1) is 11.2 Å². The molecule has 0 spiro atoms. The Morgan fingerprint density at radius 3 is 2.62 bits per heavy atom. The van der Waals surface area contributed by atoms with Crippen molar-refractivity contribution in [1.29, 1.82) is 0 Å². The largest absolute Gasteiger partial charge is 0.372 e. The molecule has 0 radical (unpaired) electrons. The predicted octanol–water partition coefficient (Wildman–Crippen LogP) is 3.95. The molecule has 1 aromatic carbocycles. The lowest BCUT2D eigenvalue weighted by atomic mass is 10.00. The average Bonchev–Trinajstić information content (AvgIpc) is 2.79. The summed E-state index contributed by atoms with van der Waals surface area (Å²) in [5.41, 5.74) is 4.96. The summed E-state index contributed by atoms with van der Waals surface area (Å²) in [7, 11) is 0. The molecular formula is C23H30N6. The number of fused-ring (bicyclic) bond motifs is 1. The van der Waals surface area contributed by atoms with Crippen LogP contribution in [0.5, 0.6) is 0 Å². The quantitative estimate of drug-likeness (QED) is 0.637. The molecule has 152 valence electrons. The lowest BCUT2D eigenvalue weighted by molar-refractivity contribution is 0.392.